The molecule has 14 heteroatoms. The molecule has 0 unspecified atom stereocenters. The summed E-state index contributed by atoms with van der Waals surface area (Å²) in [6.45, 7) is 7.47. The maximum absolute atomic E-state index is 13.9. The zero-order valence-corrected chi connectivity index (χ0v) is 26.0. The lowest BCUT2D eigenvalue weighted by Crippen LogP contribution is -2.45. The van der Waals surface area contributed by atoms with Gasteiger partial charge in [0.2, 0.25) is 10.0 Å². The molecule has 2 aromatic heterocycles. The van der Waals surface area contributed by atoms with Gasteiger partial charge in [-0.15, -0.1) is 0 Å². The van der Waals surface area contributed by atoms with Crippen LogP contribution in [0.5, 0.6) is 0 Å². The number of hydrogen-bond donors (Lipinski definition) is 3. The van der Waals surface area contributed by atoms with Crippen LogP contribution in [0.25, 0.3) is 0 Å². The molecule has 2 aromatic carbocycles. The second-order valence-corrected chi connectivity index (χ2v) is 14.0. The monoisotopic (exact) mass is 639 g/mol. The second-order valence-electron chi connectivity index (χ2n) is 12.1. The van der Waals surface area contributed by atoms with Gasteiger partial charge < -0.3 is 24.9 Å². The Labute approximate surface area is 260 Å². The van der Waals surface area contributed by atoms with Gasteiger partial charge in [-0.25, -0.2) is 17.2 Å². The van der Waals surface area contributed by atoms with Crippen molar-refractivity contribution in [3.63, 3.8) is 0 Å². The number of halogens is 2. The van der Waals surface area contributed by atoms with E-state index < -0.39 is 37.9 Å². The number of hydrogen-bond acceptors (Lipinski definition) is 8. The van der Waals surface area contributed by atoms with Crippen LogP contribution in [-0.2, 0) is 28.5 Å². The average Bonchev–Trinajstić information content (AvgIpc) is 3.66. The van der Waals surface area contributed by atoms with Gasteiger partial charge in [-0.2, -0.15) is 9.40 Å². The van der Waals surface area contributed by atoms with Crippen LogP contribution < -0.4 is 15.5 Å². The number of sulfonamides is 1. The Kier molecular flexibility index (Phi) is 8.14. The van der Waals surface area contributed by atoms with Crippen LogP contribution in [0.2, 0.25) is 0 Å². The summed E-state index contributed by atoms with van der Waals surface area (Å²) in [6.07, 6.45) is 1.59. The normalized spacial score (nSPS) is 17.2. The summed E-state index contributed by atoms with van der Waals surface area (Å²) in [6, 6.07) is 11.5. The summed E-state index contributed by atoms with van der Waals surface area (Å²) < 4.78 is 61.5. The zero-order chi connectivity index (χ0) is 31.9. The van der Waals surface area contributed by atoms with Gasteiger partial charge in [-0.1, -0.05) is 13.8 Å². The molecule has 1 amide bonds. The number of aromatic amines is 1. The predicted molar refractivity (Wildman–Crippen MR) is 166 cm³/mol. The lowest BCUT2D eigenvalue weighted by Gasteiger charge is -2.36. The van der Waals surface area contributed by atoms with Crippen LogP contribution in [0.4, 0.5) is 26.0 Å². The fraction of sp³-hybridized carbons (Fsp3) is 0.355. The molecule has 2 aliphatic heterocycles. The van der Waals surface area contributed by atoms with Gasteiger partial charge in [0.05, 0.1) is 23.3 Å². The minimum atomic E-state index is -4.28. The van der Waals surface area contributed by atoms with Crippen LogP contribution in [0.3, 0.4) is 0 Å². The van der Waals surface area contributed by atoms with Gasteiger partial charge in [0.1, 0.15) is 17.4 Å². The topological polar surface area (TPSA) is 127 Å². The van der Waals surface area contributed by atoms with E-state index in [4.69, 9.17) is 4.42 Å². The van der Waals surface area contributed by atoms with Crippen molar-refractivity contribution >= 4 is 33.1 Å². The number of carbonyl (C=O) groups is 1. The highest BCUT2D eigenvalue weighted by atomic mass is 32.2. The lowest BCUT2D eigenvalue weighted by atomic mass is 9.84. The van der Waals surface area contributed by atoms with Gasteiger partial charge in [0, 0.05) is 73.4 Å². The number of likely N-dealkylation sites (N-methyl/N-ethyl adjacent to an activating group) is 1. The first-order valence-electron chi connectivity index (χ1n) is 14.6. The third-order valence-corrected chi connectivity index (χ3v) is 10.1. The molecule has 0 atom stereocenters. The summed E-state index contributed by atoms with van der Waals surface area (Å²) >= 11 is 0. The molecule has 0 saturated carbocycles. The molecule has 45 heavy (non-hydrogen) atoms. The quantitative estimate of drug-likeness (QED) is 0.259. The van der Waals surface area contributed by atoms with Gasteiger partial charge in [-0.05, 0) is 49.5 Å². The van der Waals surface area contributed by atoms with Gasteiger partial charge in [-0.3, -0.25) is 9.89 Å². The van der Waals surface area contributed by atoms with Gasteiger partial charge in [0.25, 0.3) is 5.91 Å². The maximum Gasteiger partial charge on any atom is 0.258 e. The Balaban J connectivity index is 1.28. The van der Waals surface area contributed by atoms with Crippen LogP contribution in [0, 0.1) is 11.6 Å². The number of H-pyrrole nitrogens is 1. The second kappa shape index (κ2) is 11.9. The molecule has 0 spiro atoms. The Bertz CT molecular complexity index is 1800. The Morgan fingerprint density at radius 2 is 1.80 bits per heavy atom. The highest BCUT2D eigenvalue weighted by Crippen LogP contribution is 2.38. The first-order chi connectivity index (χ1) is 21.4. The molecule has 1 fully saturated rings. The lowest BCUT2D eigenvalue weighted by molar-refractivity contribution is 0.102. The largest absolute Gasteiger partial charge is 0.467 e. The Hall–Kier alpha value is -4.27. The van der Waals surface area contributed by atoms with Crippen molar-refractivity contribution in [1.29, 1.82) is 0 Å². The highest BCUT2D eigenvalue weighted by molar-refractivity contribution is 7.89. The molecule has 4 heterocycles. The minimum absolute atomic E-state index is 0.0324. The third-order valence-electron chi connectivity index (χ3n) is 8.31. The van der Waals surface area contributed by atoms with Crippen LogP contribution in [0.1, 0.15) is 41.2 Å². The first-order valence-corrected chi connectivity index (χ1v) is 16.0. The van der Waals surface area contributed by atoms with E-state index in [0.29, 0.717) is 40.9 Å². The smallest absolute Gasteiger partial charge is 0.258 e. The molecule has 11 nitrogen and oxygen atoms in total. The molecule has 3 N–H and O–H groups in total. The Morgan fingerprint density at radius 3 is 2.49 bits per heavy atom. The number of amides is 1. The van der Waals surface area contributed by atoms with E-state index in [1.807, 2.05) is 32.0 Å². The van der Waals surface area contributed by atoms with Crippen LogP contribution >= 0.6 is 0 Å². The Morgan fingerprint density at radius 1 is 1.07 bits per heavy atom. The van der Waals surface area contributed by atoms with Gasteiger partial charge >= 0.3 is 0 Å². The van der Waals surface area contributed by atoms with E-state index in [9.17, 15) is 22.0 Å². The summed E-state index contributed by atoms with van der Waals surface area (Å²) in [4.78, 5) is 17.8. The molecule has 6 rings (SSSR count). The number of piperazine rings is 1. The van der Waals surface area contributed by atoms with Crippen LogP contribution in [0.15, 0.2) is 64.1 Å². The number of anilines is 3. The van der Waals surface area contributed by atoms with Crippen molar-refractivity contribution in [3.8, 4) is 0 Å². The molecule has 2 aliphatic rings. The first kappa shape index (κ1) is 30.7. The highest BCUT2D eigenvalue weighted by Gasteiger charge is 2.41. The number of carbonyl (C=O) groups excluding carboxylic acids is 1. The SMILES string of the molecule is CN1CCN(c2ccc(C(=O)Nc3n[nH]c4c3CN(S(=O)(=O)c3cc(F)cc(F)c3)CC4(C)C)c(NCc3ccco3)c2)CC1. The number of nitrogens with zero attached hydrogens (tertiary/aromatic N) is 4. The number of furan rings is 1. The number of aromatic nitrogens is 2. The molecule has 4 aromatic rings. The van der Waals surface area contributed by atoms with Crippen LogP contribution in [-0.4, -0.2) is 73.5 Å². The predicted octanol–water partition coefficient (Wildman–Crippen LogP) is 4.38. The number of benzene rings is 2. The van der Waals surface area contributed by atoms with Crippen molar-refractivity contribution in [3.05, 3.63) is 89.0 Å². The van der Waals surface area contributed by atoms with Crippen molar-refractivity contribution in [2.75, 3.05) is 55.3 Å². The molecule has 0 radical (unpaired) electrons. The molecule has 1 saturated heterocycles. The molecular formula is C31H35F2N7O4S. The summed E-state index contributed by atoms with van der Waals surface area (Å²) in [5.74, 6) is -1.54. The van der Waals surface area contributed by atoms with E-state index in [1.165, 1.54) is 0 Å². The fourth-order valence-electron chi connectivity index (χ4n) is 5.84. The van der Waals surface area contributed by atoms with Crippen molar-refractivity contribution in [2.45, 2.75) is 37.2 Å². The molecule has 0 aliphatic carbocycles. The number of rotatable bonds is 8. The fourth-order valence-corrected chi connectivity index (χ4v) is 7.45. The van der Waals surface area contributed by atoms with Crippen molar-refractivity contribution in [2.24, 2.45) is 0 Å². The maximum atomic E-state index is 13.9. The number of fused-ring (bicyclic) bond motifs is 1. The standard InChI is InChI=1S/C31H35F2N7O4S/c1-31(2)19-40(45(42,43)24-14-20(32)13-21(33)15-24)18-26-28(31)36-37-29(26)35-30(41)25-7-6-22(39-10-8-38(3)9-11-39)16-27(25)34-17-23-5-4-12-44-23/h4-7,12-16,34H,8-11,17-19H2,1-3H3,(H2,35,36,37,41). The van der Waals surface area contributed by atoms with Gasteiger partial charge in [0.15, 0.2) is 5.82 Å². The van der Waals surface area contributed by atoms with E-state index in [1.54, 1.807) is 18.4 Å². The van der Waals surface area contributed by atoms with Crippen molar-refractivity contribution < 1.29 is 26.4 Å². The molecule has 0 bridgehead atoms. The third kappa shape index (κ3) is 6.30. The minimum Gasteiger partial charge on any atom is -0.467 e. The van der Waals surface area contributed by atoms with E-state index in [-0.39, 0.29) is 18.9 Å². The average molecular weight is 640 g/mol. The van der Waals surface area contributed by atoms with E-state index in [2.05, 4.69) is 37.7 Å². The number of nitrogens with one attached hydrogen (secondary N) is 3. The molecular weight excluding hydrogens is 604 g/mol. The zero-order valence-electron chi connectivity index (χ0n) is 25.2. The van der Waals surface area contributed by atoms with E-state index >= 15 is 0 Å². The van der Waals surface area contributed by atoms with E-state index in [0.717, 1.165) is 48.3 Å². The summed E-state index contributed by atoms with van der Waals surface area (Å²) in [5.41, 5.74) is 2.33. The summed E-state index contributed by atoms with van der Waals surface area (Å²) in [7, 11) is -2.19. The van der Waals surface area contributed by atoms with Crippen molar-refractivity contribution in [1.82, 2.24) is 19.4 Å². The summed E-state index contributed by atoms with van der Waals surface area (Å²) in [5, 5.41) is 13.5. The molecule has 238 valence electrons.